The second-order valence-electron chi connectivity index (χ2n) is 6.86. The van der Waals surface area contributed by atoms with Crippen molar-refractivity contribution in [1.29, 1.82) is 5.26 Å². The van der Waals surface area contributed by atoms with E-state index in [2.05, 4.69) is 22.2 Å². The third-order valence-corrected chi connectivity index (χ3v) is 7.14. The summed E-state index contributed by atoms with van der Waals surface area (Å²) in [6.07, 6.45) is 0. The summed E-state index contributed by atoms with van der Waals surface area (Å²) < 4.78 is 16.1. The second-order valence-corrected chi connectivity index (χ2v) is 9.26. The fourth-order valence-corrected chi connectivity index (χ4v) is 5.60. The van der Waals surface area contributed by atoms with Gasteiger partial charge in [-0.3, -0.25) is 3.97 Å². The van der Waals surface area contributed by atoms with Crippen LogP contribution in [0, 0.1) is 17.1 Å². The zero-order valence-corrected chi connectivity index (χ0v) is 18.4. The van der Waals surface area contributed by atoms with Crippen molar-refractivity contribution in [3.63, 3.8) is 0 Å². The van der Waals surface area contributed by atoms with Gasteiger partial charge in [0.2, 0.25) is 0 Å². The van der Waals surface area contributed by atoms with E-state index in [-0.39, 0.29) is 0 Å². The van der Waals surface area contributed by atoms with E-state index >= 15 is 0 Å². The van der Waals surface area contributed by atoms with Gasteiger partial charge in [0.1, 0.15) is 5.82 Å². The molecule has 0 spiro atoms. The number of hydrogen-bond donors (Lipinski definition) is 0. The van der Waals surface area contributed by atoms with E-state index in [9.17, 15) is 9.65 Å². The summed E-state index contributed by atoms with van der Waals surface area (Å²) in [4.78, 5) is 2.11. The predicted octanol–water partition coefficient (Wildman–Crippen LogP) is 8.26. The average Bonchev–Trinajstić information content (AvgIpc) is 3.42. The van der Waals surface area contributed by atoms with Crippen molar-refractivity contribution in [2.24, 2.45) is 0 Å². The van der Waals surface area contributed by atoms with E-state index in [1.54, 1.807) is 29.4 Å². The Morgan fingerprint density at radius 2 is 1.77 bits per heavy atom. The fraction of sp³-hybridized carbons (Fsp3) is 0. The molecule has 0 saturated carbocycles. The summed E-state index contributed by atoms with van der Waals surface area (Å²) in [6, 6.07) is 26.5. The molecule has 0 saturated heterocycles. The Balaban J connectivity index is 1.85. The van der Waals surface area contributed by atoms with Crippen LogP contribution in [-0.4, -0.2) is 3.97 Å². The number of fused-ring (bicyclic) bond motifs is 1. The Hall–Kier alpha value is -3.04. The molecule has 5 aromatic rings. The number of para-hydroxylation sites is 1. The van der Waals surface area contributed by atoms with E-state index in [0.29, 0.717) is 10.6 Å². The highest BCUT2D eigenvalue weighted by Gasteiger charge is 2.23. The third-order valence-electron chi connectivity index (χ3n) is 4.97. The number of nitriles is 1. The molecule has 0 aliphatic carbocycles. The summed E-state index contributed by atoms with van der Waals surface area (Å²) in [6.45, 7) is 0. The molecular weight excluding hydrogens is 447 g/mol. The van der Waals surface area contributed by atoms with Gasteiger partial charge in [0.25, 0.3) is 0 Å². The van der Waals surface area contributed by atoms with Crippen molar-refractivity contribution < 1.29 is 4.39 Å². The minimum atomic E-state index is -0.419. The average molecular weight is 461 g/mol. The minimum Gasteiger partial charge on any atom is -0.278 e. The molecule has 3 aromatic carbocycles. The normalized spacial score (nSPS) is 11.0. The maximum Gasteiger partial charge on any atom is 0.124 e. The Morgan fingerprint density at radius 1 is 0.968 bits per heavy atom. The molecule has 6 heteroatoms. The molecule has 0 N–H and O–H groups in total. The van der Waals surface area contributed by atoms with Gasteiger partial charge >= 0.3 is 0 Å². The van der Waals surface area contributed by atoms with Gasteiger partial charge in [0.05, 0.1) is 27.7 Å². The zero-order chi connectivity index (χ0) is 21.4. The van der Waals surface area contributed by atoms with Crippen molar-refractivity contribution in [3.8, 4) is 27.8 Å². The molecule has 0 fully saturated rings. The number of halogens is 2. The molecule has 5 rings (SSSR count). The van der Waals surface area contributed by atoms with Gasteiger partial charge in [-0.15, -0.1) is 11.3 Å². The van der Waals surface area contributed by atoms with Crippen LogP contribution >= 0.6 is 34.9 Å². The molecule has 2 nitrogen and oxygen atoms in total. The van der Waals surface area contributed by atoms with Crippen LogP contribution < -0.4 is 0 Å². The minimum absolute atomic E-state index is 0.317. The lowest BCUT2D eigenvalue weighted by molar-refractivity contribution is 0.627. The molecule has 2 heterocycles. The van der Waals surface area contributed by atoms with Crippen molar-refractivity contribution >= 4 is 45.8 Å². The largest absolute Gasteiger partial charge is 0.278 e. The predicted molar refractivity (Wildman–Crippen MR) is 128 cm³/mol. The van der Waals surface area contributed by atoms with Crippen LogP contribution in [0.15, 0.2) is 89.1 Å². The van der Waals surface area contributed by atoms with Gasteiger partial charge in [-0.1, -0.05) is 41.9 Å². The van der Waals surface area contributed by atoms with Crippen LogP contribution in [-0.2, 0) is 0 Å². The van der Waals surface area contributed by atoms with Gasteiger partial charge in [0.15, 0.2) is 0 Å². The number of hydrogen-bond acceptors (Lipinski definition) is 3. The molecule has 31 heavy (non-hydrogen) atoms. The summed E-state index contributed by atoms with van der Waals surface area (Å²) in [5.41, 5.74) is 3.97. The first-order valence-corrected chi connectivity index (χ1v) is 11.5. The number of rotatable bonds is 4. The quantitative estimate of drug-likeness (QED) is 0.270. The van der Waals surface area contributed by atoms with Gasteiger partial charge in [-0.25, -0.2) is 4.39 Å². The Morgan fingerprint density at radius 3 is 2.52 bits per heavy atom. The summed E-state index contributed by atoms with van der Waals surface area (Å²) in [5.74, 6) is -0.419. The van der Waals surface area contributed by atoms with Crippen molar-refractivity contribution in [1.82, 2.24) is 3.97 Å². The van der Waals surface area contributed by atoms with E-state index < -0.39 is 5.82 Å². The highest BCUT2D eigenvalue weighted by molar-refractivity contribution is 7.98. The highest BCUT2D eigenvalue weighted by Crippen LogP contribution is 2.46. The highest BCUT2D eigenvalue weighted by atomic mass is 35.5. The van der Waals surface area contributed by atoms with Crippen LogP contribution in [0.3, 0.4) is 0 Å². The maximum atomic E-state index is 13.9. The second kappa shape index (κ2) is 8.24. The third kappa shape index (κ3) is 3.64. The number of nitrogens with zero attached hydrogens (tertiary/aromatic N) is 2. The molecule has 150 valence electrons. The fourth-order valence-electron chi connectivity index (χ4n) is 3.64. The lowest BCUT2D eigenvalue weighted by atomic mass is 9.97. The summed E-state index contributed by atoms with van der Waals surface area (Å²) in [7, 11) is 0. The molecule has 0 aliphatic rings. The van der Waals surface area contributed by atoms with Crippen molar-refractivity contribution in [2.45, 2.75) is 4.90 Å². The van der Waals surface area contributed by atoms with Crippen molar-refractivity contribution in [2.75, 3.05) is 0 Å². The molecule has 0 radical (unpaired) electrons. The molecule has 2 aromatic heterocycles. The smallest absolute Gasteiger partial charge is 0.124 e. The topological polar surface area (TPSA) is 28.7 Å². The number of aromatic nitrogens is 1. The molecule has 0 amide bonds. The first-order chi connectivity index (χ1) is 15.2. The van der Waals surface area contributed by atoms with Gasteiger partial charge in [-0.05, 0) is 65.9 Å². The molecular formula is C25H14ClFN2S2. The standard InChI is InChI=1S/C25H14ClFN2S2/c26-17-7-10-19(11-8-17)31-29-22-5-2-1-4-21(22)24(25(29)23-6-3-13-30-23)20-12-9-18(27)14-16(20)15-28/h1-14H. The molecule has 0 atom stereocenters. The van der Waals surface area contributed by atoms with Gasteiger partial charge < -0.3 is 0 Å². The Bertz CT molecular complexity index is 1430. The van der Waals surface area contributed by atoms with Crippen LogP contribution in [0.4, 0.5) is 4.39 Å². The van der Waals surface area contributed by atoms with Crippen molar-refractivity contribution in [3.05, 3.63) is 101 Å². The van der Waals surface area contributed by atoms with E-state index in [0.717, 1.165) is 37.5 Å². The molecule has 0 aliphatic heterocycles. The van der Waals surface area contributed by atoms with Gasteiger partial charge in [-0.2, -0.15) is 5.26 Å². The Kier molecular flexibility index (Phi) is 5.29. The van der Waals surface area contributed by atoms with Crippen LogP contribution in [0.1, 0.15) is 5.56 Å². The first kappa shape index (κ1) is 19.9. The van der Waals surface area contributed by atoms with E-state index in [1.807, 2.05) is 53.9 Å². The van der Waals surface area contributed by atoms with Crippen LogP contribution in [0.5, 0.6) is 0 Å². The summed E-state index contributed by atoms with van der Waals surface area (Å²) in [5, 5.41) is 13.5. The van der Waals surface area contributed by atoms with Gasteiger partial charge in [0, 0.05) is 26.4 Å². The summed E-state index contributed by atoms with van der Waals surface area (Å²) >= 11 is 9.30. The monoisotopic (exact) mass is 460 g/mol. The van der Waals surface area contributed by atoms with E-state index in [4.69, 9.17) is 11.6 Å². The lowest BCUT2D eigenvalue weighted by Crippen LogP contribution is -1.92. The zero-order valence-electron chi connectivity index (χ0n) is 16.0. The first-order valence-electron chi connectivity index (χ1n) is 9.47. The molecule has 0 bridgehead atoms. The maximum absolute atomic E-state index is 13.9. The van der Waals surface area contributed by atoms with E-state index in [1.165, 1.54) is 12.1 Å². The number of thiophene rings is 1. The lowest BCUT2D eigenvalue weighted by Gasteiger charge is -2.11. The van der Waals surface area contributed by atoms with Crippen LogP contribution in [0.2, 0.25) is 5.02 Å². The Labute approximate surface area is 192 Å². The number of benzene rings is 3. The molecule has 0 unspecified atom stereocenters. The SMILES string of the molecule is N#Cc1cc(F)ccc1-c1c(-c2cccs2)n(Sc2ccc(Cl)cc2)c2ccccc12. The van der Waals surface area contributed by atoms with Crippen LogP contribution in [0.25, 0.3) is 32.6 Å².